The van der Waals surface area contributed by atoms with E-state index in [1.807, 2.05) is 23.1 Å². The summed E-state index contributed by atoms with van der Waals surface area (Å²) >= 11 is 0. The molecule has 1 saturated heterocycles. The molecule has 1 amide bonds. The van der Waals surface area contributed by atoms with Crippen molar-refractivity contribution in [1.29, 1.82) is 0 Å². The van der Waals surface area contributed by atoms with Crippen molar-refractivity contribution >= 4 is 16.8 Å². The highest BCUT2D eigenvalue weighted by Gasteiger charge is 2.24. The Morgan fingerprint density at radius 3 is 2.80 bits per heavy atom. The van der Waals surface area contributed by atoms with Crippen LogP contribution in [0.25, 0.3) is 10.9 Å². The summed E-state index contributed by atoms with van der Waals surface area (Å²) in [6.07, 6.45) is 3.75. The molecule has 1 fully saturated rings. The topological polar surface area (TPSA) is 73.8 Å². The van der Waals surface area contributed by atoms with Gasteiger partial charge in [-0.1, -0.05) is 0 Å². The van der Waals surface area contributed by atoms with Gasteiger partial charge in [-0.25, -0.2) is 4.98 Å². The van der Waals surface area contributed by atoms with E-state index in [1.54, 1.807) is 20.4 Å². The van der Waals surface area contributed by atoms with E-state index in [-0.39, 0.29) is 12.0 Å². The minimum Gasteiger partial charge on any atom is -0.497 e. The molecule has 7 heteroatoms. The highest BCUT2D eigenvalue weighted by Crippen LogP contribution is 2.22. The standard InChI is InChI=1S/C18H23N3O4/c1-23-10-7-17(22)21-8-5-14(6-9-21)25-18-19-12-13-3-4-15(24-2)11-16(13)20-18/h3-4,11-12,14H,5-10H2,1-2H3. The van der Waals surface area contributed by atoms with Crippen LogP contribution in [0.5, 0.6) is 11.8 Å². The molecule has 1 aliphatic heterocycles. The van der Waals surface area contributed by atoms with E-state index in [1.165, 1.54) is 0 Å². The lowest BCUT2D eigenvalue weighted by Gasteiger charge is -2.31. The van der Waals surface area contributed by atoms with Crippen molar-refractivity contribution in [3.8, 4) is 11.8 Å². The summed E-state index contributed by atoms with van der Waals surface area (Å²) in [6.45, 7) is 1.84. The van der Waals surface area contributed by atoms with E-state index in [4.69, 9.17) is 14.2 Å². The molecule has 2 heterocycles. The van der Waals surface area contributed by atoms with Gasteiger partial charge in [-0.2, -0.15) is 4.98 Å². The number of amides is 1. The number of fused-ring (bicyclic) bond motifs is 1. The molecule has 7 nitrogen and oxygen atoms in total. The molecule has 2 aromatic rings. The smallest absolute Gasteiger partial charge is 0.317 e. The number of ether oxygens (including phenoxy) is 3. The SMILES string of the molecule is COCCC(=O)N1CCC(Oc2ncc3ccc(OC)cc3n2)CC1. The summed E-state index contributed by atoms with van der Waals surface area (Å²) in [7, 11) is 3.23. The normalized spacial score (nSPS) is 15.4. The van der Waals surface area contributed by atoms with Gasteiger partial charge in [0.15, 0.2) is 0 Å². The maximum absolute atomic E-state index is 12.0. The molecule has 25 heavy (non-hydrogen) atoms. The number of aromatic nitrogens is 2. The van der Waals surface area contributed by atoms with Gasteiger partial charge in [0, 0.05) is 50.7 Å². The first kappa shape index (κ1) is 17.4. The minimum absolute atomic E-state index is 0.0227. The Morgan fingerprint density at radius 1 is 1.28 bits per heavy atom. The van der Waals surface area contributed by atoms with Gasteiger partial charge in [0.2, 0.25) is 5.91 Å². The van der Waals surface area contributed by atoms with Crippen LogP contribution in [0.3, 0.4) is 0 Å². The zero-order chi connectivity index (χ0) is 17.6. The molecule has 0 unspecified atom stereocenters. The highest BCUT2D eigenvalue weighted by molar-refractivity contribution is 5.79. The number of benzene rings is 1. The molecule has 1 aromatic heterocycles. The quantitative estimate of drug-likeness (QED) is 0.798. The van der Waals surface area contributed by atoms with Crippen LogP contribution in [0.15, 0.2) is 24.4 Å². The Hall–Kier alpha value is -2.41. The van der Waals surface area contributed by atoms with Crippen molar-refractivity contribution in [2.24, 2.45) is 0 Å². The number of nitrogens with zero attached hydrogens (tertiary/aromatic N) is 3. The Bertz CT molecular complexity index is 729. The third kappa shape index (κ3) is 4.36. The van der Waals surface area contributed by atoms with Gasteiger partial charge in [-0.3, -0.25) is 4.79 Å². The lowest BCUT2D eigenvalue weighted by atomic mass is 10.1. The maximum Gasteiger partial charge on any atom is 0.317 e. The average Bonchev–Trinajstić information content (AvgIpc) is 2.66. The van der Waals surface area contributed by atoms with Crippen molar-refractivity contribution in [3.05, 3.63) is 24.4 Å². The maximum atomic E-state index is 12.0. The Balaban J connectivity index is 1.58. The lowest BCUT2D eigenvalue weighted by molar-refractivity contribution is -0.133. The van der Waals surface area contributed by atoms with Crippen molar-refractivity contribution in [3.63, 3.8) is 0 Å². The van der Waals surface area contributed by atoms with E-state index in [0.717, 1.165) is 29.5 Å². The molecule has 0 saturated carbocycles. The van der Waals surface area contributed by atoms with Crippen molar-refractivity contribution in [2.45, 2.75) is 25.4 Å². The first-order valence-corrected chi connectivity index (χ1v) is 8.44. The molecule has 0 bridgehead atoms. The first-order chi connectivity index (χ1) is 12.2. The lowest BCUT2D eigenvalue weighted by Crippen LogP contribution is -2.42. The van der Waals surface area contributed by atoms with E-state index >= 15 is 0 Å². The van der Waals surface area contributed by atoms with Crippen LogP contribution >= 0.6 is 0 Å². The molecular weight excluding hydrogens is 322 g/mol. The van der Waals surface area contributed by atoms with Crippen LogP contribution < -0.4 is 9.47 Å². The fourth-order valence-electron chi connectivity index (χ4n) is 2.89. The van der Waals surface area contributed by atoms with Crippen molar-refractivity contribution in [2.75, 3.05) is 33.9 Å². The average molecular weight is 345 g/mol. The molecule has 3 rings (SSSR count). The predicted molar refractivity (Wildman–Crippen MR) is 92.8 cm³/mol. The van der Waals surface area contributed by atoms with Crippen LogP contribution in [0.1, 0.15) is 19.3 Å². The number of rotatable bonds is 6. The number of carbonyl (C=O) groups is 1. The number of hydrogen-bond donors (Lipinski definition) is 0. The predicted octanol–water partition coefficient (Wildman–Crippen LogP) is 2.04. The van der Waals surface area contributed by atoms with Gasteiger partial charge in [0.1, 0.15) is 11.9 Å². The van der Waals surface area contributed by atoms with Gasteiger partial charge < -0.3 is 19.1 Å². The fraction of sp³-hybridized carbons (Fsp3) is 0.500. The number of hydrogen-bond acceptors (Lipinski definition) is 6. The molecule has 1 aromatic carbocycles. The third-order valence-electron chi connectivity index (χ3n) is 4.35. The number of methoxy groups -OCH3 is 2. The summed E-state index contributed by atoms with van der Waals surface area (Å²) in [6, 6.07) is 6.02. The summed E-state index contributed by atoms with van der Waals surface area (Å²) < 4.78 is 16.1. The van der Waals surface area contributed by atoms with Crippen LogP contribution in [-0.2, 0) is 9.53 Å². The monoisotopic (exact) mass is 345 g/mol. The van der Waals surface area contributed by atoms with Crippen LogP contribution in [-0.4, -0.2) is 60.8 Å². The molecule has 0 N–H and O–H groups in total. The number of piperidine rings is 1. The van der Waals surface area contributed by atoms with Crippen LogP contribution in [0, 0.1) is 0 Å². The van der Waals surface area contributed by atoms with Crippen molar-refractivity contribution < 1.29 is 19.0 Å². The Kier molecular flexibility index (Phi) is 5.65. The second-order valence-electron chi connectivity index (χ2n) is 6.02. The minimum atomic E-state index is 0.0227. The second kappa shape index (κ2) is 8.11. The Morgan fingerprint density at radius 2 is 2.08 bits per heavy atom. The van der Waals surface area contributed by atoms with Gasteiger partial charge in [-0.15, -0.1) is 0 Å². The van der Waals surface area contributed by atoms with E-state index in [2.05, 4.69) is 9.97 Å². The molecule has 0 radical (unpaired) electrons. The highest BCUT2D eigenvalue weighted by atomic mass is 16.5. The van der Waals surface area contributed by atoms with Gasteiger partial charge in [0.25, 0.3) is 0 Å². The van der Waals surface area contributed by atoms with Crippen LogP contribution in [0.4, 0.5) is 0 Å². The fourth-order valence-corrected chi connectivity index (χ4v) is 2.89. The van der Waals surface area contributed by atoms with Gasteiger partial charge in [-0.05, 0) is 12.1 Å². The summed E-state index contributed by atoms with van der Waals surface area (Å²) in [5.74, 6) is 0.884. The van der Waals surface area contributed by atoms with E-state index in [0.29, 0.717) is 32.1 Å². The third-order valence-corrected chi connectivity index (χ3v) is 4.35. The van der Waals surface area contributed by atoms with Gasteiger partial charge in [0.05, 0.1) is 25.7 Å². The Labute approximate surface area is 146 Å². The molecule has 0 spiro atoms. The molecule has 134 valence electrons. The van der Waals surface area contributed by atoms with E-state index in [9.17, 15) is 4.79 Å². The number of likely N-dealkylation sites (tertiary alicyclic amines) is 1. The second-order valence-corrected chi connectivity index (χ2v) is 6.02. The zero-order valence-electron chi connectivity index (χ0n) is 14.6. The summed E-state index contributed by atoms with van der Waals surface area (Å²) in [5, 5.41) is 0.937. The van der Waals surface area contributed by atoms with E-state index < -0.39 is 0 Å². The van der Waals surface area contributed by atoms with Gasteiger partial charge >= 0.3 is 6.01 Å². The molecule has 0 aliphatic carbocycles. The van der Waals surface area contributed by atoms with Crippen LogP contribution in [0.2, 0.25) is 0 Å². The summed E-state index contributed by atoms with van der Waals surface area (Å²) in [4.78, 5) is 22.6. The zero-order valence-corrected chi connectivity index (χ0v) is 14.6. The van der Waals surface area contributed by atoms with Crippen molar-refractivity contribution in [1.82, 2.24) is 14.9 Å². The first-order valence-electron chi connectivity index (χ1n) is 8.44. The number of carbonyl (C=O) groups excluding carboxylic acids is 1. The molecular formula is C18H23N3O4. The molecule has 1 aliphatic rings. The summed E-state index contributed by atoms with van der Waals surface area (Å²) in [5.41, 5.74) is 0.788. The largest absolute Gasteiger partial charge is 0.497 e. The molecule has 0 atom stereocenters.